The van der Waals surface area contributed by atoms with Crippen molar-refractivity contribution in [2.45, 2.75) is 0 Å². The van der Waals surface area contributed by atoms with Crippen LogP contribution in [0.5, 0.6) is 0 Å². The number of thiophene rings is 3. The standard InChI is InChI=1S/C36H24S3/c1-3-7-25(8-4-1)31-19-21-33(37-31)27-11-15-29(16-12-27)35-23-24-36(39-35)30-17-13-28(14-18-30)34-22-20-32(38-34)26-9-5-2-6-10-26/h1-24H. The lowest BCUT2D eigenvalue weighted by Crippen LogP contribution is -1.75. The van der Waals surface area contributed by atoms with Gasteiger partial charge >= 0.3 is 0 Å². The third kappa shape index (κ3) is 5.05. The molecule has 39 heavy (non-hydrogen) atoms. The maximum absolute atomic E-state index is 2.25. The lowest BCUT2D eigenvalue weighted by atomic mass is 10.1. The van der Waals surface area contributed by atoms with E-state index in [9.17, 15) is 0 Å². The Balaban J connectivity index is 1.07. The minimum Gasteiger partial charge on any atom is -0.135 e. The molecule has 0 bridgehead atoms. The maximum Gasteiger partial charge on any atom is 0.0349 e. The zero-order valence-corrected chi connectivity index (χ0v) is 23.5. The summed E-state index contributed by atoms with van der Waals surface area (Å²) >= 11 is 5.54. The first-order valence-electron chi connectivity index (χ1n) is 12.9. The predicted octanol–water partition coefficient (Wildman–Crippen LogP) is 11.9. The van der Waals surface area contributed by atoms with E-state index in [0.717, 1.165) is 0 Å². The van der Waals surface area contributed by atoms with Crippen molar-refractivity contribution in [3.8, 4) is 62.6 Å². The third-order valence-corrected chi connectivity index (χ3v) is 10.4. The zero-order chi connectivity index (χ0) is 26.0. The van der Waals surface area contributed by atoms with Gasteiger partial charge in [-0.3, -0.25) is 0 Å². The van der Waals surface area contributed by atoms with Crippen molar-refractivity contribution in [1.82, 2.24) is 0 Å². The zero-order valence-electron chi connectivity index (χ0n) is 21.1. The smallest absolute Gasteiger partial charge is 0.0349 e. The van der Waals surface area contributed by atoms with Crippen LogP contribution in [-0.2, 0) is 0 Å². The Kier molecular flexibility index (Phi) is 6.55. The lowest BCUT2D eigenvalue weighted by Gasteiger charge is -2.02. The van der Waals surface area contributed by atoms with Crippen LogP contribution in [0.3, 0.4) is 0 Å². The summed E-state index contributed by atoms with van der Waals surface area (Å²) in [7, 11) is 0. The van der Waals surface area contributed by atoms with Gasteiger partial charge in [0, 0.05) is 29.3 Å². The second-order valence-electron chi connectivity index (χ2n) is 9.38. The number of hydrogen-bond donors (Lipinski definition) is 0. The van der Waals surface area contributed by atoms with Crippen LogP contribution in [0, 0.1) is 0 Å². The van der Waals surface area contributed by atoms with Crippen molar-refractivity contribution in [2.24, 2.45) is 0 Å². The SMILES string of the molecule is c1ccc(-c2ccc(-c3ccc(-c4ccc(-c5ccc(-c6ccc(-c7ccccc7)s6)cc5)s4)cc3)s2)cc1. The highest BCUT2D eigenvalue weighted by Crippen LogP contribution is 2.39. The van der Waals surface area contributed by atoms with Crippen molar-refractivity contribution in [2.75, 3.05) is 0 Å². The minimum absolute atomic E-state index is 1.26. The Bertz CT molecular complexity index is 1680. The van der Waals surface area contributed by atoms with Crippen molar-refractivity contribution in [1.29, 1.82) is 0 Å². The Morgan fingerprint density at radius 3 is 0.641 bits per heavy atom. The van der Waals surface area contributed by atoms with Gasteiger partial charge in [0.2, 0.25) is 0 Å². The first-order chi connectivity index (χ1) is 19.3. The Morgan fingerprint density at radius 2 is 0.410 bits per heavy atom. The first-order valence-corrected chi connectivity index (χ1v) is 15.4. The van der Waals surface area contributed by atoms with E-state index in [4.69, 9.17) is 0 Å². The quantitative estimate of drug-likeness (QED) is 0.192. The minimum atomic E-state index is 1.26. The van der Waals surface area contributed by atoms with Gasteiger partial charge in [0.05, 0.1) is 0 Å². The average Bonchev–Trinajstić information content (AvgIpc) is 3.80. The van der Waals surface area contributed by atoms with Gasteiger partial charge in [-0.2, -0.15) is 0 Å². The van der Waals surface area contributed by atoms with Crippen molar-refractivity contribution < 1.29 is 0 Å². The molecule has 0 nitrogen and oxygen atoms in total. The van der Waals surface area contributed by atoms with Crippen molar-refractivity contribution in [3.63, 3.8) is 0 Å². The molecule has 3 aromatic heterocycles. The average molecular weight is 553 g/mol. The van der Waals surface area contributed by atoms with Crippen molar-refractivity contribution >= 4 is 34.0 Å². The Labute approximate surface area is 241 Å². The molecule has 4 aromatic carbocycles. The van der Waals surface area contributed by atoms with E-state index in [-0.39, 0.29) is 0 Å². The fourth-order valence-electron chi connectivity index (χ4n) is 4.75. The number of hydrogen-bond acceptors (Lipinski definition) is 3. The van der Waals surface area contributed by atoms with Gasteiger partial charge in [-0.1, -0.05) is 109 Å². The highest BCUT2D eigenvalue weighted by atomic mass is 32.1. The van der Waals surface area contributed by atoms with E-state index in [2.05, 4.69) is 146 Å². The molecule has 7 aromatic rings. The van der Waals surface area contributed by atoms with E-state index in [1.165, 1.54) is 62.6 Å². The maximum atomic E-state index is 2.25. The van der Waals surface area contributed by atoms with Gasteiger partial charge in [0.15, 0.2) is 0 Å². The van der Waals surface area contributed by atoms with Crippen molar-refractivity contribution in [3.05, 3.63) is 146 Å². The van der Waals surface area contributed by atoms with E-state index in [1.807, 2.05) is 34.0 Å². The summed E-state index contributed by atoms with van der Waals surface area (Å²) in [5.41, 5.74) is 7.61. The van der Waals surface area contributed by atoms with Gasteiger partial charge in [-0.15, -0.1) is 34.0 Å². The summed E-state index contributed by atoms with van der Waals surface area (Å²) in [4.78, 5) is 7.80. The summed E-state index contributed by atoms with van der Waals surface area (Å²) in [5, 5.41) is 0. The molecule has 186 valence electrons. The van der Waals surface area contributed by atoms with E-state index in [0.29, 0.717) is 0 Å². The molecule has 0 unspecified atom stereocenters. The Morgan fingerprint density at radius 1 is 0.205 bits per heavy atom. The van der Waals surface area contributed by atoms with Gasteiger partial charge in [0.1, 0.15) is 0 Å². The summed E-state index contributed by atoms with van der Waals surface area (Å²) in [6, 6.07) is 52.6. The van der Waals surface area contributed by atoms with Crippen LogP contribution in [0.1, 0.15) is 0 Å². The molecule has 7 rings (SSSR count). The highest BCUT2D eigenvalue weighted by Gasteiger charge is 2.09. The molecule has 0 aliphatic heterocycles. The molecule has 0 amide bonds. The normalized spacial score (nSPS) is 11.1. The van der Waals surface area contributed by atoms with Crippen LogP contribution in [0.4, 0.5) is 0 Å². The fourth-order valence-corrected chi connectivity index (χ4v) is 7.80. The predicted molar refractivity (Wildman–Crippen MR) is 173 cm³/mol. The second-order valence-corrected chi connectivity index (χ2v) is 12.6. The molecule has 3 heterocycles. The molecule has 0 fully saturated rings. The first kappa shape index (κ1) is 24.1. The molecule has 0 aliphatic carbocycles. The van der Waals surface area contributed by atoms with E-state index in [1.54, 1.807) is 0 Å². The highest BCUT2D eigenvalue weighted by molar-refractivity contribution is 7.19. The van der Waals surface area contributed by atoms with Gasteiger partial charge in [-0.05, 0) is 69.8 Å². The molecule has 0 spiro atoms. The van der Waals surface area contributed by atoms with Crippen LogP contribution < -0.4 is 0 Å². The van der Waals surface area contributed by atoms with Crippen LogP contribution in [0.15, 0.2) is 146 Å². The molecule has 0 radical (unpaired) electrons. The molecule has 0 N–H and O–H groups in total. The number of rotatable bonds is 6. The second kappa shape index (κ2) is 10.6. The third-order valence-electron chi connectivity index (χ3n) is 6.84. The monoisotopic (exact) mass is 552 g/mol. The van der Waals surface area contributed by atoms with Crippen LogP contribution in [-0.4, -0.2) is 0 Å². The van der Waals surface area contributed by atoms with Crippen LogP contribution in [0.2, 0.25) is 0 Å². The van der Waals surface area contributed by atoms with Crippen LogP contribution in [0.25, 0.3) is 62.6 Å². The fraction of sp³-hybridized carbons (Fsp3) is 0. The molecular weight excluding hydrogens is 529 g/mol. The molecule has 0 atom stereocenters. The lowest BCUT2D eigenvalue weighted by molar-refractivity contribution is 1.68. The largest absolute Gasteiger partial charge is 0.135 e. The molecule has 0 saturated carbocycles. The summed E-state index contributed by atoms with van der Waals surface area (Å²) in [5.74, 6) is 0. The van der Waals surface area contributed by atoms with Crippen LogP contribution >= 0.6 is 34.0 Å². The van der Waals surface area contributed by atoms with Gasteiger partial charge in [0.25, 0.3) is 0 Å². The van der Waals surface area contributed by atoms with Gasteiger partial charge < -0.3 is 0 Å². The molecule has 0 saturated heterocycles. The topological polar surface area (TPSA) is 0 Å². The molecule has 3 heteroatoms. The van der Waals surface area contributed by atoms with E-state index >= 15 is 0 Å². The molecule has 0 aliphatic rings. The number of benzene rings is 4. The summed E-state index contributed by atoms with van der Waals surface area (Å²) < 4.78 is 0. The summed E-state index contributed by atoms with van der Waals surface area (Å²) in [6.45, 7) is 0. The van der Waals surface area contributed by atoms with E-state index < -0.39 is 0 Å². The van der Waals surface area contributed by atoms with Gasteiger partial charge in [-0.25, -0.2) is 0 Å². The summed E-state index contributed by atoms with van der Waals surface area (Å²) in [6.07, 6.45) is 0. The Hall–Kier alpha value is -4.02. The molecular formula is C36H24S3.